The van der Waals surface area contributed by atoms with Gasteiger partial charge in [0.05, 0.1) is 24.2 Å². The summed E-state index contributed by atoms with van der Waals surface area (Å²) >= 11 is 0. The lowest BCUT2D eigenvalue weighted by Gasteiger charge is -2.45. The van der Waals surface area contributed by atoms with Gasteiger partial charge in [-0.05, 0) is 58.9 Å². The highest BCUT2D eigenvalue weighted by molar-refractivity contribution is 5.93. The largest absolute Gasteiger partial charge is 0.493 e. The Hall–Kier alpha value is -3.38. The summed E-state index contributed by atoms with van der Waals surface area (Å²) in [6.07, 6.45) is 4.49. The van der Waals surface area contributed by atoms with Crippen molar-refractivity contribution < 1.29 is 34.1 Å². The molecule has 5 rings (SSSR count). The number of hydrogen-bond acceptors (Lipinski definition) is 7. The van der Waals surface area contributed by atoms with Gasteiger partial charge in [0, 0.05) is 49.7 Å². The molecule has 2 saturated heterocycles. The van der Waals surface area contributed by atoms with Gasteiger partial charge in [-0.2, -0.15) is 0 Å². The number of hydrogen-bond donors (Lipinski definition) is 4. The van der Waals surface area contributed by atoms with E-state index in [2.05, 4.69) is 15.5 Å². The van der Waals surface area contributed by atoms with Crippen LogP contribution < -0.4 is 15.4 Å². The van der Waals surface area contributed by atoms with Gasteiger partial charge >= 0.3 is 6.09 Å². The van der Waals surface area contributed by atoms with Crippen LogP contribution in [0.2, 0.25) is 0 Å². The fourth-order valence-electron chi connectivity index (χ4n) is 7.88. The van der Waals surface area contributed by atoms with Crippen LogP contribution in [0.25, 0.3) is 0 Å². The maximum absolute atomic E-state index is 14.7. The van der Waals surface area contributed by atoms with E-state index >= 15 is 0 Å². The second-order valence-corrected chi connectivity index (χ2v) is 15.4. The number of aliphatic hydroxyl groups is 1. The Morgan fingerprint density at radius 1 is 1.09 bits per heavy atom. The van der Waals surface area contributed by atoms with Crippen molar-refractivity contribution in [3.63, 3.8) is 0 Å². The molecule has 4 N–H and O–H groups in total. The average Bonchev–Trinajstić information content (AvgIpc) is 3.33. The van der Waals surface area contributed by atoms with Crippen LogP contribution >= 0.6 is 0 Å². The molecule has 6 atom stereocenters. The zero-order valence-electron chi connectivity index (χ0n) is 28.5. The lowest BCUT2D eigenvalue weighted by molar-refractivity contribution is -0.150. The second kappa shape index (κ2) is 14.0. The first kappa shape index (κ1) is 34.9. The molecule has 0 bridgehead atoms. The van der Waals surface area contributed by atoms with Crippen molar-refractivity contribution in [1.29, 1.82) is 0 Å². The number of para-hydroxylation sites is 1. The van der Waals surface area contributed by atoms with Crippen molar-refractivity contribution in [2.24, 2.45) is 11.8 Å². The smallest absolute Gasteiger partial charge is 0.407 e. The normalized spacial score (nSPS) is 27.9. The number of rotatable bonds is 8. The lowest BCUT2D eigenvalue weighted by atomic mass is 9.82. The molecule has 4 amide bonds. The molecule has 4 aliphatic rings. The summed E-state index contributed by atoms with van der Waals surface area (Å²) in [6, 6.07) is 5.60. The van der Waals surface area contributed by atoms with Crippen LogP contribution in [0.5, 0.6) is 5.75 Å². The van der Waals surface area contributed by atoms with Gasteiger partial charge in [-0.15, -0.1) is 0 Å². The van der Waals surface area contributed by atoms with Crippen LogP contribution in [0.3, 0.4) is 0 Å². The summed E-state index contributed by atoms with van der Waals surface area (Å²) in [4.78, 5) is 59.6. The van der Waals surface area contributed by atoms with E-state index in [0.29, 0.717) is 26.0 Å². The molecule has 1 aliphatic carbocycles. The van der Waals surface area contributed by atoms with Crippen LogP contribution in [0.15, 0.2) is 24.3 Å². The number of carboxylic acid groups (broad SMARTS) is 1. The van der Waals surface area contributed by atoms with Crippen LogP contribution in [0, 0.1) is 11.8 Å². The maximum Gasteiger partial charge on any atom is 0.407 e. The van der Waals surface area contributed by atoms with E-state index in [-0.39, 0.29) is 55.4 Å². The molecule has 3 aliphatic heterocycles. The van der Waals surface area contributed by atoms with E-state index in [4.69, 9.17) is 4.74 Å². The van der Waals surface area contributed by atoms with Crippen LogP contribution in [-0.4, -0.2) is 111 Å². The van der Waals surface area contributed by atoms with E-state index in [1.54, 1.807) is 39.5 Å². The highest BCUT2D eigenvalue weighted by Crippen LogP contribution is 2.35. The monoisotopic (exact) mass is 655 g/mol. The minimum atomic E-state index is -1.11. The highest BCUT2D eigenvalue weighted by Gasteiger charge is 2.50. The van der Waals surface area contributed by atoms with Gasteiger partial charge < -0.3 is 35.4 Å². The Bertz CT molecular complexity index is 1320. The van der Waals surface area contributed by atoms with Crippen molar-refractivity contribution in [2.75, 3.05) is 32.8 Å². The SMILES string of the molecule is C[C@@H](CN(C(=O)O)C(C)(C)C)C(=O)N[C@H](C(=O)N1C[C@H]2C[C@@](C)(O)CN2C[C@H]1C(=O)N[C@@H]1CCOc2ccccc21)C1CCCCC1. The van der Waals surface area contributed by atoms with Gasteiger partial charge in [0.15, 0.2) is 0 Å². The predicted molar refractivity (Wildman–Crippen MR) is 176 cm³/mol. The highest BCUT2D eigenvalue weighted by atomic mass is 16.5. The quantitative estimate of drug-likeness (QED) is 0.334. The first-order valence-corrected chi connectivity index (χ1v) is 17.2. The van der Waals surface area contributed by atoms with Crippen molar-refractivity contribution in [3.8, 4) is 5.75 Å². The number of nitrogens with one attached hydrogen (secondary N) is 2. The number of nitrogens with zero attached hydrogens (tertiary/aromatic N) is 3. The van der Waals surface area contributed by atoms with Crippen molar-refractivity contribution >= 4 is 23.8 Å². The van der Waals surface area contributed by atoms with Gasteiger partial charge in [0.25, 0.3) is 0 Å². The third kappa shape index (κ3) is 8.02. The number of benzene rings is 1. The lowest BCUT2D eigenvalue weighted by Crippen LogP contribution is -2.66. The Morgan fingerprint density at radius 2 is 1.79 bits per heavy atom. The molecule has 1 aromatic rings. The third-order valence-electron chi connectivity index (χ3n) is 10.4. The Morgan fingerprint density at radius 3 is 2.47 bits per heavy atom. The first-order valence-electron chi connectivity index (χ1n) is 17.2. The summed E-state index contributed by atoms with van der Waals surface area (Å²) < 4.78 is 5.80. The number of piperazine rings is 1. The fourth-order valence-corrected chi connectivity index (χ4v) is 7.88. The molecule has 47 heavy (non-hydrogen) atoms. The van der Waals surface area contributed by atoms with Crippen molar-refractivity contribution in [2.45, 2.75) is 115 Å². The summed E-state index contributed by atoms with van der Waals surface area (Å²) in [7, 11) is 0. The van der Waals surface area contributed by atoms with Gasteiger partial charge in [-0.1, -0.05) is 44.4 Å². The molecule has 0 radical (unpaired) electrons. The standard InChI is InChI=1S/C35H53N5O7/c1-22(18-40(33(44)45)34(2,3)4)30(41)37-29(23-11-7-6-8-12-23)32(43)39-19-24-17-35(5,46)21-38(24)20-27(39)31(42)36-26-15-16-47-28-14-10-9-13-25(26)28/h9-10,13-14,22-24,26-27,29,46H,6-8,11-12,15-21H2,1-5H3,(H,36,42)(H,37,41)(H,44,45)/t22-,24+,26+,27-,29-,35+/m0/s1. The first-order chi connectivity index (χ1) is 22.1. The van der Waals surface area contributed by atoms with Gasteiger partial charge in [-0.3, -0.25) is 19.3 Å². The van der Waals surface area contributed by atoms with Gasteiger partial charge in [-0.25, -0.2) is 4.79 Å². The molecule has 12 heteroatoms. The Labute approximate surface area is 278 Å². The Balaban J connectivity index is 1.40. The van der Waals surface area contributed by atoms with Gasteiger partial charge in [0.1, 0.15) is 17.8 Å². The summed E-state index contributed by atoms with van der Waals surface area (Å²) in [5.41, 5.74) is -0.734. The molecule has 0 unspecified atom stereocenters. The molecular weight excluding hydrogens is 602 g/mol. The summed E-state index contributed by atoms with van der Waals surface area (Å²) in [5.74, 6) is -0.998. The molecular formula is C35H53N5O7. The zero-order chi connectivity index (χ0) is 34.1. The number of amides is 4. The number of ether oxygens (including phenoxy) is 1. The zero-order valence-corrected chi connectivity index (χ0v) is 28.5. The molecule has 3 heterocycles. The maximum atomic E-state index is 14.7. The van der Waals surface area contributed by atoms with E-state index in [9.17, 15) is 29.4 Å². The van der Waals surface area contributed by atoms with Crippen molar-refractivity contribution in [3.05, 3.63) is 29.8 Å². The fraction of sp³-hybridized carbons (Fsp3) is 0.714. The van der Waals surface area contributed by atoms with Crippen molar-refractivity contribution in [1.82, 2.24) is 25.3 Å². The van der Waals surface area contributed by atoms with Gasteiger partial charge in [0.2, 0.25) is 17.7 Å². The third-order valence-corrected chi connectivity index (χ3v) is 10.4. The number of carbonyl (C=O) groups excluding carboxylic acids is 3. The number of fused-ring (bicyclic) bond motifs is 2. The molecule has 1 saturated carbocycles. The second-order valence-electron chi connectivity index (χ2n) is 15.4. The number of carbonyl (C=O) groups is 4. The molecule has 0 spiro atoms. The minimum absolute atomic E-state index is 0.0102. The topological polar surface area (TPSA) is 152 Å². The molecule has 3 fully saturated rings. The average molecular weight is 656 g/mol. The van der Waals surface area contributed by atoms with Crippen LogP contribution in [0.1, 0.15) is 91.2 Å². The molecule has 12 nitrogen and oxygen atoms in total. The van der Waals surface area contributed by atoms with Crippen LogP contribution in [-0.2, 0) is 14.4 Å². The molecule has 0 aromatic heterocycles. The molecule has 260 valence electrons. The summed E-state index contributed by atoms with van der Waals surface area (Å²) in [6.45, 7) is 10.2. The summed E-state index contributed by atoms with van der Waals surface area (Å²) in [5, 5.41) is 27.0. The molecule has 1 aromatic carbocycles. The van der Waals surface area contributed by atoms with E-state index in [0.717, 1.165) is 43.4 Å². The van der Waals surface area contributed by atoms with E-state index < -0.39 is 35.2 Å². The van der Waals surface area contributed by atoms with E-state index in [1.807, 2.05) is 24.3 Å². The Kier molecular flexibility index (Phi) is 10.4. The predicted octanol–water partition coefficient (Wildman–Crippen LogP) is 3.14. The minimum Gasteiger partial charge on any atom is -0.493 e. The van der Waals surface area contributed by atoms with Crippen LogP contribution in [0.4, 0.5) is 4.79 Å². The van der Waals surface area contributed by atoms with E-state index in [1.165, 1.54) is 4.90 Å².